The number of unbranched alkanes of at least 4 members (excludes halogenated alkanes) is 25. The second kappa shape index (κ2) is 38.8. The van der Waals surface area contributed by atoms with Crippen molar-refractivity contribution in [1.29, 1.82) is 0 Å². The van der Waals surface area contributed by atoms with Gasteiger partial charge in [-0.15, -0.1) is 0 Å². The number of hydrogen-bond acceptors (Lipinski definition) is 5. The van der Waals surface area contributed by atoms with Gasteiger partial charge in [0, 0.05) is 6.42 Å². The van der Waals surface area contributed by atoms with Crippen molar-refractivity contribution in [2.45, 2.75) is 251 Å². The maximum Gasteiger partial charge on any atom is 0.306 e. The summed E-state index contributed by atoms with van der Waals surface area (Å²) < 4.78 is 5.88. The molecule has 6 nitrogen and oxygen atoms in total. The quantitative estimate of drug-likeness (QED) is 0.0336. The number of ether oxygens (including phenoxy) is 1. The van der Waals surface area contributed by atoms with Gasteiger partial charge in [0.2, 0.25) is 5.91 Å². The molecule has 0 aromatic heterocycles. The summed E-state index contributed by atoms with van der Waals surface area (Å²) in [6.45, 7) is 6.41. The molecule has 0 spiro atoms. The van der Waals surface area contributed by atoms with Gasteiger partial charge in [0.25, 0.3) is 0 Å². The fourth-order valence-electron chi connectivity index (χ4n) is 6.70. The normalized spacial score (nSPS) is 13.5. The third-order valence-electron chi connectivity index (χ3n) is 10.1. The van der Waals surface area contributed by atoms with Gasteiger partial charge in [0.15, 0.2) is 0 Å². The third kappa shape index (κ3) is 33.7. The SMILES string of the molecule is CCCC/C=C\CCCCCCCC(=O)OC(CCCCCCCCCCCCC)CC(=O)NC(CO)C(O)CCCCCCCCCCC. The molecule has 0 aliphatic heterocycles. The maximum absolute atomic E-state index is 13.1. The summed E-state index contributed by atoms with van der Waals surface area (Å²) in [6.07, 6.45) is 39.8. The summed E-state index contributed by atoms with van der Waals surface area (Å²) in [7, 11) is 0. The van der Waals surface area contributed by atoms with Crippen LogP contribution in [0.15, 0.2) is 12.2 Å². The molecule has 0 fully saturated rings. The molecule has 0 aromatic rings. The highest BCUT2D eigenvalue weighted by Gasteiger charge is 2.24. The van der Waals surface area contributed by atoms with Crippen LogP contribution in [0.5, 0.6) is 0 Å². The molecule has 0 aromatic carbocycles. The first-order valence-corrected chi connectivity index (χ1v) is 21.9. The summed E-state index contributed by atoms with van der Waals surface area (Å²) in [4.78, 5) is 25.9. The van der Waals surface area contributed by atoms with Gasteiger partial charge in [-0.3, -0.25) is 9.59 Å². The average molecular weight is 708 g/mol. The second-order valence-electron chi connectivity index (χ2n) is 15.1. The van der Waals surface area contributed by atoms with Crippen molar-refractivity contribution in [3.05, 3.63) is 12.2 Å². The van der Waals surface area contributed by atoms with E-state index in [0.29, 0.717) is 19.3 Å². The van der Waals surface area contributed by atoms with Crippen molar-refractivity contribution in [1.82, 2.24) is 5.32 Å². The minimum atomic E-state index is -0.779. The summed E-state index contributed by atoms with van der Waals surface area (Å²) in [5.41, 5.74) is 0. The lowest BCUT2D eigenvalue weighted by molar-refractivity contribution is -0.151. The Balaban J connectivity index is 4.59. The molecular formula is C44H85NO5. The van der Waals surface area contributed by atoms with E-state index in [-0.39, 0.29) is 24.9 Å². The lowest BCUT2D eigenvalue weighted by atomic mass is 10.0. The number of aliphatic hydroxyl groups excluding tert-OH is 2. The molecule has 0 saturated carbocycles. The van der Waals surface area contributed by atoms with Gasteiger partial charge in [-0.2, -0.15) is 0 Å². The van der Waals surface area contributed by atoms with Crippen LogP contribution in [0.1, 0.15) is 233 Å². The molecule has 6 heteroatoms. The fraction of sp³-hybridized carbons (Fsp3) is 0.909. The molecule has 296 valence electrons. The topological polar surface area (TPSA) is 95.9 Å². The number of allylic oxidation sites excluding steroid dienone is 2. The van der Waals surface area contributed by atoms with Crippen LogP contribution in [0.4, 0.5) is 0 Å². The van der Waals surface area contributed by atoms with Crippen LogP contribution in [-0.2, 0) is 14.3 Å². The Morgan fingerprint density at radius 1 is 0.560 bits per heavy atom. The van der Waals surface area contributed by atoms with E-state index in [9.17, 15) is 19.8 Å². The van der Waals surface area contributed by atoms with E-state index >= 15 is 0 Å². The van der Waals surface area contributed by atoms with E-state index in [1.54, 1.807) is 0 Å². The molecule has 0 radical (unpaired) electrons. The molecule has 0 heterocycles. The van der Waals surface area contributed by atoms with Gasteiger partial charge in [-0.05, 0) is 44.9 Å². The molecule has 3 unspecified atom stereocenters. The van der Waals surface area contributed by atoms with Gasteiger partial charge in [-0.1, -0.05) is 187 Å². The van der Waals surface area contributed by atoms with Crippen LogP contribution in [0, 0.1) is 0 Å². The first-order chi connectivity index (χ1) is 24.5. The van der Waals surface area contributed by atoms with Crippen LogP contribution in [0.25, 0.3) is 0 Å². The molecule has 3 N–H and O–H groups in total. The zero-order chi connectivity index (χ0) is 36.8. The molecule has 0 bridgehead atoms. The van der Waals surface area contributed by atoms with Crippen molar-refractivity contribution in [3.8, 4) is 0 Å². The first kappa shape index (κ1) is 48.6. The number of amides is 1. The van der Waals surface area contributed by atoms with Crippen molar-refractivity contribution >= 4 is 11.9 Å². The van der Waals surface area contributed by atoms with Crippen molar-refractivity contribution in [2.24, 2.45) is 0 Å². The largest absolute Gasteiger partial charge is 0.462 e. The fourth-order valence-corrected chi connectivity index (χ4v) is 6.70. The number of aliphatic hydroxyl groups is 2. The summed E-state index contributed by atoms with van der Waals surface area (Å²) in [6, 6.07) is -0.693. The zero-order valence-corrected chi connectivity index (χ0v) is 33.5. The average Bonchev–Trinajstić information content (AvgIpc) is 3.10. The van der Waals surface area contributed by atoms with E-state index in [2.05, 4.69) is 38.2 Å². The Labute approximate surface area is 310 Å². The number of carbonyl (C=O) groups excluding carboxylic acids is 2. The maximum atomic E-state index is 13.1. The number of carbonyl (C=O) groups is 2. The number of nitrogens with one attached hydrogen (secondary N) is 1. The summed E-state index contributed by atoms with van der Waals surface area (Å²) in [5, 5.41) is 23.5. The lowest BCUT2D eigenvalue weighted by Gasteiger charge is -2.24. The van der Waals surface area contributed by atoms with Crippen molar-refractivity contribution in [3.63, 3.8) is 0 Å². The predicted molar refractivity (Wildman–Crippen MR) is 213 cm³/mol. The van der Waals surface area contributed by atoms with Crippen LogP contribution >= 0.6 is 0 Å². The third-order valence-corrected chi connectivity index (χ3v) is 10.1. The molecule has 3 atom stereocenters. The Bertz CT molecular complexity index is 757. The van der Waals surface area contributed by atoms with Gasteiger partial charge in [0.1, 0.15) is 6.10 Å². The van der Waals surface area contributed by atoms with Crippen LogP contribution in [0.2, 0.25) is 0 Å². The number of rotatable bonds is 39. The predicted octanol–water partition coefficient (Wildman–Crippen LogP) is 12.2. The van der Waals surface area contributed by atoms with Crippen LogP contribution in [-0.4, -0.2) is 46.9 Å². The Hall–Kier alpha value is -1.40. The smallest absolute Gasteiger partial charge is 0.306 e. The minimum absolute atomic E-state index is 0.0799. The lowest BCUT2D eigenvalue weighted by Crippen LogP contribution is -2.46. The van der Waals surface area contributed by atoms with E-state index in [0.717, 1.165) is 57.8 Å². The van der Waals surface area contributed by atoms with Crippen LogP contribution < -0.4 is 5.32 Å². The summed E-state index contributed by atoms with van der Waals surface area (Å²) >= 11 is 0. The standard InChI is InChI=1S/C44H85NO5/c1-4-7-10-13-16-19-21-24-26-29-32-35-40(50-44(49)37-34-31-28-25-22-20-17-14-11-8-5-2)38-43(48)45-41(39-46)42(47)36-33-30-27-23-18-15-12-9-6-3/h14,17,40-42,46-47H,4-13,15-16,18-39H2,1-3H3,(H,45,48)/b17-14-. The Morgan fingerprint density at radius 2 is 0.980 bits per heavy atom. The molecule has 0 aliphatic carbocycles. The molecule has 50 heavy (non-hydrogen) atoms. The van der Waals surface area contributed by atoms with Crippen molar-refractivity contribution < 1.29 is 24.5 Å². The van der Waals surface area contributed by atoms with E-state index < -0.39 is 18.2 Å². The van der Waals surface area contributed by atoms with Crippen molar-refractivity contribution in [2.75, 3.05) is 6.61 Å². The molecule has 1 amide bonds. The van der Waals surface area contributed by atoms with E-state index in [1.807, 2.05) is 0 Å². The van der Waals surface area contributed by atoms with E-state index in [1.165, 1.54) is 128 Å². The molecule has 0 aliphatic rings. The summed E-state index contributed by atoms with van der Waals surface area (Å²) in [5.74, 6) is -0.478. The van der Waals surface area contributed by atoms with Gasteiger partial charge >= 0.3 is 5.97 Å². The Kier molecular flexibility index (Phi) is 37.7. The first-order valence-electron chi connectivity index (χ1n) is 21.9. The van der Waals surface area contributed by atoms with Gasteiger partial charge < -0.3 is 20.3 Å². The van der Waals surface area contributed by atoms with E-state index in [4.69, 9.17) is 4.74 Å². The van der Waals surface area contributed by atoms with Gasteiger partial charge in [-0.25, -0.2) is 0 Å². The second-order valence-corrected chi connectivity index (χ2v) is 15.1. The number of hydrogen-bond donors (Lipinski definition) is 3. The Morgan fingerprint density at radius 3 is 1.48 bits per heavy atom. The highest BCUT2D eigenvalue weighted by atomic mass is 16.5. The molecule has 0 saturated heterocycles. The highest BCUT2D eigenvalue weighted by molar-refractivity contribution is 5.77. The van der Waals surface area contributed by atoms with Gasteiger partial charge in [0.05, 0.1) is 25.2 Å². The number of esters is 1. The molecular weight excluding hydrogens is 622 g/mol. The minimum Gasteiger partial charge on any atom is -0.462 e. The highest BCUT2D eigenvalue weighted by Crippen LogP contribution is 2.18. The molecule has 0 rings (SSSR count). The zero-order valence-electron chi connectivity index (χ0n) is 33.5. The van der Waals surface area contributed by atoms with Crippen LogP contribution in [0.3, 0.4) is 0 Å². The monoisotopic (exact) mass is 708 g/mol.